The molecule has 0 saturated carbocycles. The summed E-state index contributed by atoms with van der Waals surface area (Å²) in [5.74, 6) is 1.68. The van der Waals surface area contributed by atoms with Crippen LogP contribution in [0.4, 0.5) is 0 Å². The van der Waals surface area contributed by atoms with Crippen molar-refractivity contribution >= 4 is 52.0 Å². The van der Waals surface area contributed by atoms with Crippen LogP contribution in [0.3, 0.4) is 0 Å². The molecule has 0 aliphatic carbocycles. The number of carbonyl (C=O) groups excluding carboxylic acids is 9. The zero-order chi connectivity index (χ0) is 56.1. The van der Waals surface area contributed by atoms with Crippen molar-refractivity contribution in [2.24, 2.45) is 41.2 Å². The minimum absolute atomic E-state index is 0.0293. The number of carbonyl (C=O) groups is 9. The van der Waals surface area contributed by atoms with E-state index in [0.29, 0.717) is 79.2 Å². The van der Waals surface area contributed by atoms with Crippen LogP contribution in [-0.2, 0) is 84.9 Å². The third-order valence-electron chi connectivity index (χ3n) is 13.4. The second-order valence-electron chi connectivity index (χ2n) is 20.7. The van der Waals surface area contributed by atoms with Gasteiger partial charge in [-0.2, -0.15) is 0 Å². The average molecular weight is 1050 g/mol. The Morgan fingerprint density at radius 3 is 1.46 bits per heavy atom. The van der Waals surface area contributed by atoms with Gasteiger partial charge in [-0.1, -0.05) is 13.8 Å². The summed E-state index contributed by atoms with van der Waals surface area (Å²) in [6, 6.07) is 3.41. The van der Waals surface area contributed by atoms with E-state index in [1.54, 1.807) is 96.5 Å². The van der Waals surface area contributed by atoms with E-state index in [1.165, 1.54) is 0 Å². The quantitative estimate of drug-likeness (QED) is 0.0279. The number of ketones is 9. The predicted octanol–water partition coefficient (Wildman–Crippen LogP) is 7.87. The number of aromatic nitrogens is 8. The average Bonchev–Trinajstić information content (AvgIpc) is 4.18. The molecule has 0 N–H and O–H groups in total. The van der Waals surface area contributed by atoms with Gasteiger partial charge in [0, 0.05) is 143 Å². The van der Waals surface area contributed by atoms with E-state index < -0.39 is 0 Å². The van der Waals surface area contributed by atoms with Gasteiger partial charge in [0.05, 0.1) is 35.6 Å². The van der Waals surface area contributed by atoms with E-state index >= 15 is 0 Å². The minimum atomic E-state index is -0.250. The summed E-state index contributed by atoms with van der Waals surface area (Å²) in [4.78, 5) is 126. The normalized spacial score (nSPS) is 11.3. The highest BCUT2D eigenvalue weighted by Gasteiger charge is 2.21. The van der Waals surface area contributed by atoms with Crippen LogP contribution in [0, 0.1) is 12.8 Å². The van der Waals surface area contributed by atoms with Crippen LogP contribution >= 0.6 is 0 Å². The third-order valence-corrected chi connectivity index (χ3v) is 13.4. The number of imidazole rings is 3. The zero-order valence-corrected chi connectivity index (χ0v) is 46.7. The molecule has 0 amide bonds. The first-order valence-corrected chi connectivity index (χ1v) is 26.7. The molecule has 0 fully saturated rings. The largest absolute Gasteiger partial charge is 0.348 e. The van der Waals surface area contributed by atoms with Gasteiger partial charge in [-0.25, -0.2) is 15.0 Å². The Hall–Kier alpha value is -6.82. The first kappa shape index (κ1) is 61.7. The fourth-order valence-corrected chi connectivity index (χ4v) is 8.94. The van der Waals surface area contributed by atoms with Crippen LogP contribution in [0.1, 0.15) is 188 Å². The van der Waals surface area contributed by atoms with Gasteiger partial charge < -0.3 is 32.5 Å². The van der Waals surface area contributed by atoms with Crippen LogP contribution in [0.15, 0.2) is 49.3 Å². The fraction of sp³-hybridized carbons (Fsp3) is 0.552. The Kier molecular flexibility index (Phi) is 24.9. The molecule has 0 saturated heterocycles. The predicted molar refractivity (Wildman–Crippen MR) is 290 cm³/mol. The van der Waals surface area contributed by atoms with Crippen molar-refractivity contribution in [1.29, 1.82) is 0 Å². The molecule has 5 aromatic rings. The van der Waals surface area contributed by atoms with Crippen LogP contribution in [-0.4, -0.2) is 115 Å². The molecule has 0 atom stereocenters. The van der Waals surface area contributed by atoms with Gasteiger partial charge in [0.1, 0.15) is 34.7 Å². The number of rotatable bonds is 35. The molecule has 0 aromatic carbocycles. The lowest BCUT2D eigenvalue weighted by Crippen LogP contribution is -2.21. The van der Waals surface area contributed by atoms with Gasteiger partial charge in [0.15, 0.2) is 23.2 Å². The van der Waals surface area contributed by atoms with Crippen LogP contribution in [0.5, 0.6) is 0 Å². The van der Waals surface area contributed by atoms with E-state index in [4.69, 9.17) is 0 Å². The second kappa shape index (κ2) is 30.7. The van der Waals surface area contributed by atoms with Gasteiger partial charge in [0.25, 0.3) is 0 Å². The summed E-state index contributed by atoms with van der Waals surface area (Å²) in [6.45, 7) is 9.36. The smallest absolute Gasteiger partial charge is 0.202 e. The SMILES string of the molecule is CC(=O)CCCC(=O)CCCCN(C)CCCCC(=O)C(C)C.Cc1nc(CC(=O)CCCC(=O)c2cc(CC(=O)c3nc(CC(=O)CCCC(=O)c4cc(CC(=O)c5nccn5C)cn4C)cn3C)cn2C)cn1C. The Morgan fingerprint density at radius 1 is 0.500 bits per heavy atom. The number of unbranched alkanes of at least 4 members (excludes halogenated alkanes) is 2. The molecule has 18 heteroatoms. The van der Waals surface area contributed by atoms with Gasteiger partial charge in [-0.3, -0.25) is 38.4 Å². The van der Waals surface area contributed by atoms with E-state index in [9.17, 15) is 43.2 Å². The first-order chi connectivity index (χ1) is 36.0. The Bertz CT molecular complexity index is 2800. The molecule has 18 nitrogen and oxygen atoms in total. The molecular formula is C58H81N9O9. The molecule has 0 spiro atoms. The maximum Gasteiger partial charge on any atom is 0.202 e. The summed E-state index contributed by atoms with van der Waals surface area (Å²) in [5, 5.41) is 0. The van der Waals surface area contributed by atoms with Crippen molar-refractivity contribution in [1.82, 2.24) is 42.7 Å². The summed E-state index contributed by atoms with van der Waals surface area (Å²) >= 11 is 0. The van der Waals surface area contributed by atoms with Crippen molar-refractivity contribution in [2.45, 2.75) is 150 Å². The van der Waals surface area contributed by atoms with Gasteiger partial charge in [0.2, 0.25) is 11.6 Å². The van der Waals surface area contributed by atoms with E-state index in [1.807, 2.05) is 38.6 Å². The monoisotopic (exact) mass is 1050 g/mol. The second-order valence-corrected chi connectivity index (χ2v) is 20.7. The molecule has 412 valence electrons. The van der Waals surface area contributed by atoms with Crippen LogP contribution in [0.2, 0.25) is 0 Å². The van der Waals surface area contributed by atoms with Crippen molar-refractivity contribution in [3.05, 3.63) is 101 Å². The summed E-state index contributed by atoms with van der Waals surface area (Å²) in [6.07, 6.45) is 19.4. The number of hydrogen-bond donors (Lipinski definition) is 0. The van der Waals surface area contributed by atoms with Crippen LogP contribution < -0.4 is 0 Å². The fourth-order valence-electron chi connectivity index (χ4n) is 8.94. The maximum absolute atomic E-state index is 13.2. The molecule has 0 bridgehead atoms. The minimum Gasteiger partial charge on any atom is -0.348 e. The van der Waals surface area contributed by atoms with E-state index in [0.717, 1.165) is 55.9 Å². The third kappa shape index (κ3) is 20.7. The topological polar surface area (TPSA) is 220 Å². The molecule has 5 heterocycles. The highest BCUT2D eigenvalue weighted by atomic mass is 16.2. The molecule has 0 unspecified atom stereocenters. The Balaban J connectivity index is 0.000000457. The summed E-state index contributed by atoms with van der Waals surface area (Å²) < 4.78 is 8.51. The molecule has 0 radical (unpaired) electrons. The number of aryl methyl sites for hydroxylation is 6. The van der Waals surface area contributed by atoms with E-state index in [-0.39, 0.29) is 109 Å². The van der Waals surface area contributed by atoms with Crippen molar-refractivity contribution in [3.63, 3.8) is 0 Å². The Labute approximate surface area is 448 Å². The lowest BCUT2D eigenvalue weighted by molar-refractivity contribution is -0.122. The molecule has 0 aliphatic rings. The number of Topliss-reactive ketones (excluding diaryl/α,β-unsaturated/α-hetero) is 9. The standard InChI is InChI=1S/C39H46N8O6.C19H35NO3/c1-25-41-28(23-44(25)3)19-30(48)9-7-11-35(51)33-16-27(22-46(33)5)18-37(53)39-42-29(24-47(39)6)20-31(49)10-8-12-34(50)32-15-26(21-45(32)4)17-36(52)38-40-13-14-43(38)2;1-16(2)19(23)13-6-8-15-20(4)14-7-5-11-18(22)12-9-10-17(3)21/h13-16,21-24H,7-12,17-20H2,1-6H3;16H,5-15H2,1-4H3. The van der Waals surface area contributed by atoms with Gasteiger partial charge in [-0.15, -0.1) is 0 Å². The van der Waals surface area contributed by atoms with Crippen LogP contribution in [0.25, 0.3) is 0 Å². The van der Waals surface area contributed by atoms with E-state index in [2.05, 4.69) is 26.9 Å². The lowest BCUT2D eigenvalue weighted by Gasteiger charge is -2.16. The lowest BCUT2D eigenvalue weighted by atomic mass is 10.0. The Morgan fingerprint density at radius 2 is 0.974 bits per heavy atom. The summed E-state index contributed by atoms with van der Waals surface area (Å²) in [5.41, 5.74) is 3.51. The molecule has 0 aliphatic heterocycles. The first-order valence-electron chi connectivity index (χ1n) is 26.7. The van der Waals surface area contributed by atoms with Crippen molar-refractivity contribution in [3.8, 4) is 0 Å². The van der Waals surface area contributed by atoms with Crippen molar-refractivity contribution < 1.29 is 43.2 Å². The van der Waals surface area contributed by atoms with Gasteiger partial charge in [-0.05, 0) is 102 Å². The number of nitrogens with zero attached hydrogens (tertiary/aromatic N) is 9. The van der Waals surface area contributed by atoms with Gasteiger partial charge >= 0.3 is 0 Å². The highest BCUT2D eigenvalue weighted by molar-refractivity contribution is 5.98. The molecule has 76 heavy (non-hydrogen) atoms. The highest BCUT2D eigenvalue weighted by Crippen LogP contribution is 2.18. The number of hydrogen-bond acceptors (Lipinski definition) is 13. The summed E-state index contributed by atoms with van der Waals surface area (Å²) in [7, 11) is 10.9. The zero-order valence-electron chi connectivity index (χ0n) is 46.7. The molecular weight excluding hydrogens is 967 g/mol. The van der Waals surface area contributed by atoms with Crippen molar-refractivity contribution in [2.75, 3.05) is 20.1 Å². The molecule has 5 aromatic heterocycles. The molecule has 5 rings (SSSR count). The maximum atomic E-state index is 13.2.